The van der Waals surface area contributed by atoms with Crippen molar-refractivity contribution in [3.8, 4) is 0 Å². The van der Waals surface area contributed by atoms with Crippen LogP contribution in [-0.4, -0.2) is 25.0 Å². The van der Waals surface area contributed by atoms with Gasteiger partial charge in [-0.05, 0) is 62.7 Å². The van der Waals surface area contributed by atoms with E-state index < -0.39 is 0 Å². The second-order valence-corrected chi connectivity index (χ2v) is 6.65. The summed E-state index contributed by atoms with van der Waals surface area (Å²) in [6.45, 7) is 2.43. The molecule has 0 spiro atoms. The zero-order chi connectivity index (χ0) is 13.8. The maximum atomic E-state index is 2.43. The summed E-state index contributed by atoms with van der Waals surface area (Å²) in [5.74, 6) is 0.721. The first-order valence-electron chi connectivity index (χ1n) is 7.33. The Morgan fingerprint density at radius 2 is 1.55 bits per heavy atom. The topological polar surface area (TPSA) is 3.24 Å². The second-order valence-electron chi connectivity index (χ2n) is 5.53. The number of likely N-dealkylation sites (tertiary alicyclic amines) is 1. The molecule has 0 amide bonds. The van der Waals surface area contributed by atoms with Crippen molar-refractivity contribution in [2.75, 3.05) is 20.1 Å². The molecule has 0 bridgehead atoms. The van der Waals surface area contributed by atoms with Gasteiger partial charge in [0, 0.05) is 9.79 Å². The lowest BCUT2D eigenvalue weighted by Crippen LogP contribution is -2.29. The fourth-order valence-electron chi connectivity index (χ4n) is 2.85. The van der Waals surface area contributed by atoms with E-state index in [0.717, 1.165) is 5.92 Å². The van der Waals surface area contributed by atoms with Gasteiger partial charge in [-0.3, -0.25) is 0 Å². The van der Waals surface area contributed by atoms with Crippen LogP contribution < -0.4 is 0 Å². The van der Waals surface area contributed by atoms with E-state index in [2.05, 4.69) is 66.5 Å². The fraction of sp³-hybridized carbons (Fsp3) is 0.333. The quantitative estimate of drug-likeness (QED) is 0.807. The molecule has 0 aliphatic carbocycles. The van der Waals surface area contributed by atoms with E-state index in [-0.39, 0.29) is 0 Å². The van der Waals surface area contributed by atoms with E-state index in [4.69, 9.17) is 0 Å². The third-order valence-corrected chi connectivity index (χ3v) is 5.15. The first-order valence-corrected chi connectivity index (χ1v) is 8.15. The zero-order valence-electron chi connectivity index (χ0n) is 12.0. The summed E-state index contributed by atoms with van der Waals surface area (Å²) in [5.41, 5.74) is 1.54. The predicted molar refractivity (Wildman–Crippen MR) is 86.5 cm³/mol. The van der Waals surface area contributed by atoms with Gasteiger partial charge in [0.25, 0.3) is 0 Å². The van der Waals surface area contributed by atoms with E-state index >= 15 is 0 Å². The summed E-state index contributed by atoms with van der Waals surface area (Å²) in [6, 6.07) is 19.6. The van der Waals surface area contributed by atoms with E-state index in [1.807, 2.05) is 11.8 Å². The van der Waals surface area contributed by atoms with Gasteiger partial charge < -0.3 is 4.90 Å². The summed E-state index contributed by atoms with van der Waals surface area (Å²) in [5, 5.41) is 0. The van der Waals surface area contributed by atoms with Gasteiger partial charge in [-0.15, -0.1) is 0 Å². The molecule has 104 valence electrons. The molecule has 1 fully saturated rings. The molecule has 0 aromatic heterocycles. The number of nitrogens with zero attached hydrogens (tertiary/aromatic N) is 1. The van der Waals surface area contributed by atoms with Gasteiger partial charge >= 0.3 is 0 Å². The minimum absolute atomic E-state index is 0.721. The molecule has 2 aromatic carbocycles. The van der Waals surface area contributed by atoms with Crippen LogP contribution in [0.1, 0.15) is 24.3 Å². The molecule has 20 heavy (non-hydrogen) atoms. The van der Waals surface area contributed by atoms with Crippen LogP contribution in [0.2, 0.25) is 0 Å². The Kier molecular flexibility index (Phi) is 4.44. The molecule has 1 nitrogen and oxygen atoms in total. The van der Waals surface area contributed by atoms with Crippen molar-refractivity contribution in [3.63, 3.8) is 0 Å². The van der Waals surface area contributed by atoms with Gasteiger partial charge in [0.2, 0.25) is 0 Å². The molecule has 1 heterocycles. The molecule has 1 saturated heterocycles. The van der Waals surface area contributed by atoms with Crippen LogP contribution in [0.25, 0.3) is 0 Å². The minimum Gasteiger partial charge on any atom is -0.306 e. The third-order valence-electron chi connectivity index (χ3n) is 4.05. The zero-order valence-corrected chi connectivity index (χ0v) is 12.8. The molecule has 2 heteroatoms. The lowest BCUT2D eigenvalue weighted by molar-refractivity contribution is 0.254. The van der Waals surface area contributed by atoms with Crippen LogP contribution >= 0.6 is 11.8 Å². The van der Waals surface area contributed by atoms with E-state index in [0.29, 0.717) is 0 Å². The maximum absolute atomic E-state index is 2.43. The first kappa shape index (κ1) is 13.7. The first-order chi connectivity index (χ1) is 9.83. The van der Waals surface area contributed by atoms with Crippen LogP contribution in [0.15, 0.2) is 64.4 Å². The summed E-state index contributed by atoms with van der Waals surface area (Å²) in [7, 11) is 2.22. The third kappa shape index (κ3) is 3.25. The summed E-state index contributed by atoms with van der Waals surface area (Å²) in [6.07, 6.45) is 2.56. The molecule has 1 aliphatic rings. The molecule has 0 atom stereocenters. The van der Waals surface area contributed by atoms with Crippen LogP contribution in [0.3, 0.4) is 0 Å². The van der Waals surface area contributed by atoms with Gasteiger partial charge in [0.1, 0.15) is 0 Å². The molecule has 1 aliphatic heterocycles. The van der Waals surface area contributed by atoms with Crippen LogP contribution in [0, 0.1) is 0 Å². The van der Waals surface area contributed by atoms with Crippen molar-refractivity contribution in [2.45, 2.75) is 28.6 Å². The van der Waals surface area contributed by atoms with Gasteiger partial charge in [0.15, 0.2) is 0 Å². The average Bonchev–Trinajstić information content (AvgIpc) is 2.50. The average molecular weight is 283 g/mol. The van der Waals surface area contributed by atoms with Crippen LogP contribution in [-0.2, 0) is 0 Å². The van der Waals surface area contributed by atoms with Gasteiger partial charge in [-0.25, -0.2) is 0 Å². The lowest BCUT2D eigenvalue weighted by Gasteiger charge is -2.30. The minimum atomic E-state index is 0.721. The van der Waals surface area contributed by atoms with Crippen molar-refractivity contribution in [1.29, 1.82) is 0 Å². The molecule has 3 rings (SSSR count). The smallest absolute Gasteiger partial charge is 0.0157 e. The van der Waals surface area contributed by atoms with Crippen molar-refractivity contribution >= 4 is 11.8 Å². The molecule has 0 saturated carbocycles. The highest BCUT2D eigenvalue weighted by Gasteiger charge is 2.20. The Labute approximate surface area is 126 Å². The Morgan fingerprint density at radius 3 is 2.30 bits per heavy atom. The Hall–Kier alpha value is -1.25. The van der Waals surface area contributed by atoms with Crippen LogP contribution in [0.5, 0.6) is 0 Å². The second kappa shape index (κ2) is 6.47. The standard InChI is InChI=1S/C18H21NS/c1-19-13-11-15(12-14-19)17-9-5-6-10-18(17)20-16-7-3-2-4-8-16/h2-10,15H,11-14H2,1H3. The molecular weight excluding hydrogens is 262 g/mol. The number of hydrogen-bond donors (Lipinski definition) is 0. The number of rotatable bonds is 3. The number of hydrogen-bond acceptors (Lipinski definition) is 2. The van der Waals surface area contributed by atoms with Gasteiger partial charge in [-0.2, -0.15) is 0 Å². The summed E-state index contributed by atoms with van der Waals surface area (Å²) < 4.78 is 0. The van der Waals surface area contributed by atoms with Gasteiger partial charge in [-0.1, -0.05) is 48.2 Å². The Balaban J connectivity index is 1.81. The van der Waals surface area contributed by atoms with Crippen LogP contribution in [0.4, 0.5) is 0 Å². The van der Waals surface area contributed by atoms with Crippen molar-refractivity contribution in [3.05, 3.63) is 60.2 Å². The van der Waals surface area contributed by atoms with Crippen molar-refractivity contribution < 1.29 is 0 Å². The van der Waals surface area contributed by atoms with Gasteiger partial charge in [0.05, 0.1) is 0 Å². The normalized spacial score (nSPS) is 17.2. The summed E-state index contributed by atoms with van der Waals surface area (Å²) in [4.78, 5) is 5.19. The number of benzene rings is 2. The Bertz CT molecular complexity index is 544. The van der Waals surface area contributed by atoms with E-state index in [9.17, 15) is 0 Å². The largest absolute Gasteiger partial charge is 0.306 e. The highest BCUT2D eigenvalue weighted by Crippen LogP contribution is 2.37. The Morgan fingerprint density at radius 1 is 0.900 bits per heavy atom. The molecular formula is C18H21NS. The molecule has 0 unspecified atom stereocenters. The molecule has 2 aromatic rings. The monoisotopic (exact) mass is 283 g/mol. The van der Waals surface area contributed by atoms with E-state index in [1.54, 1.807) is 0 Å². The van der Waals surface area contributed by atoms with Crippen molar-refractivity contribution in [1.82, 2.24) is 4.90 Å². The highest BCUT2D eigenvalue weighted by molar-refractivity contribution is 7.99. The SMILES string of the molecule is CN1CCC(c2ccccc2Sc2ccccc2)CC1. The summed E-state index contributed by atoms with van der Waals surface area (Å²) >= 11 is 1.90. The maximum Gasteiger partial charge on any atom is 0.0157 e. The lowest BCUT2D eigenvalue weighted by atomic mass is 9.90. The highest BCUT2D eigenvalue weighted by atomic mass is 32.2. The molecule has 0 N–H and O–H groups in total. The van der Waals surface area contributed by atoms with Crippen molar-refractivity contribution in [2.24, 2.45) is 0 Å². The van der Waals surface area contributed by atoms with E-state index in [1.165, 1.54) is 41.3 Å². The predicted octanol–water partition coefficient (Wildman–Crippen LogP) is 4.65. The fourth-order valence-corrected chi connectivity index (χ4v) is 3.89. The number of piperidine rings is 1. The molecule has 0 radical (unpaired) electrons.